The smallest absolute Gasteiger partial charge is 0.117 e. The van der Waals surface area contributed by atoms with E-state index in [0.717, 1.165) is 5.56 Å². The summed E-state index contributed by atoms with van der Waals surface area (Å²) >= 11 is 0. The summed E-state index contributed by atoms with van der Waals surface area (Å²) in [5, 5.41) is 9.09. The maximum absolute atomic E-state index is 9.09. The predicted octanol–water partition coefficient (Wildman–Crippen LogP) is 1.90. The van der Waals surface area contributed by atoms with Crippen molar-refractivity contribution in [2.45, 2.75) is 26.6 Å². The van der Waals surface area contributed by atoms with E-state index < -0.39 is 0 Å². The van der Waals surface area contributed by atoms with E-state index in [-0.39, 0.29) is 11.9 Å². The summed E-state index contributed by atoms with van der Waals surface area (Å²) in [5.41, 5.74) is 7.15. The molecule has 0 aromatic heterocycles. The first-order valence-corrected chi connectivity index (χ1v) is 4.28. The van der Waals surface area contributed by atoms with Crippen LogP contribution in [0.25, 0.3) is 0 Å². The maximum Gasteiger partial charge on any atom is 0.117 e. The molecule has 3 nitrogen and oxygen atoms in total. The van der Waals surface area contributed by atoms with E-state index >= 15 is 0 Å². The average Bonchev–Trinajstić information content (AvgIpc) is 2.02. The van der Waals surface area contributed by atoms with Crippen molar-refractivity contribution in [3.8, 4) is 5.75 Å². The lowest BCUT2D eigenvalue weighted by Crippen LogP contribution is -2.04. The number of aromatic hydroxyl groups is 1. The van der Waals surface area contributed by atoms with Gasteiger partial charge in [0.25, 0.3) is 0 Å². The van der Waals surface area contributed by atoms with Crippen LogP contribution in [-0.4, -0.2) is 11.2 Å². The summed E-state index contributed by atoms with van der Waals surface area (Å²) in [5.74, 6) is 0.186. The number of hydrogen-bond acceptors (Lipinski definition) is 3. The first-order valence-electron chi connectivity index (χ1n) is 4.28. The topological polar surface area (TPSA) is 55.5 Å². The van der Waals surface area contributed by atoms with E-state index in [1.807, 2.05) is 13.8 Å². The Hall–Kier alpha value is -1.22. The van der Waals surface area contributed by atoms with Crippen molar-refractivity contribution in [2.75, 3.05) is 5.73 Å². The van der Waals surface area contributed by atoms with Crippen LogP contribution < -0.4 is 5.73 Å². The summed E-state index contributed by atoms with van der Waals surface area (Å²) in [6.45, 7) is 4.43. The number of nitrogen functional groups attached to an aromatic ring is 1. The van der Waals surface area contributed by atoms with Gasteiger partial charge in [-0.15, -0.1) is 0 Å². The van der Waals surface area contributed by atoms with Crippen LogP contribution in [-0.2, 0) is 11.3 Å². The van der Waals surface area contributed by atoms with E-state index in [9.17, 15) is 0 Å². The second-order valence-electron chi connectivity index (χ2n) is 3.24. The standard InChI is InChI=1S/C10H15NO2/c1-7(2)13-6-8-3-4-9(12)5-10(8)11/h3-5,7,12H,6,11H2,1-2H3. The largest absolute Gasteiger partial charge is 0.508 e. The molecule has 0 heterocycles. The highest BCUT2D eigenvalue weighted by molar-refractivity contribution is 5.50. The van der Waals surface area contributed by atoms with Crippen molar-refractivity contribution in [3.63, 3.8) is 0 Å². The van der Waals surface area contributed by atoms with Gasteiger partial charge >= 0.3 is 0 Å². The van der Waals surface area contributed by atoms with Crippen LogP contribution in [0.2, 0.25) is 0 Å². The highest BCUT2D eigenvalue weighted by Crippen LogP contribution is 2.19. The van der Waals surface area contributed by atoms with E-state index in [0.29, 0.717) is 12.3 Å². The molecule has 0 aliphatic carbocycles. The zero-order valence-electron chi connectivity index (χ0n) is 7.95. The summed E-state index contributed by atoms with van der Waals surface area (Å²) < 4.78 is 5.39. The number of ether oxygens (including phenoxy) is 1. The van der Waals surface area contributed by atoms with E-state index in [2.05, 4.69) is 0 Å². The second-order valence-corrected chi connectivity index (χ2v) is 3.24. The minimum absolute atomic E-state index is 0.186. The molecule has 13 heavy (non-hydrogen) atoms. The number of nitrogens with two attached hydrogens (primary N) is 1. The predicted molar refractivity (Wildman–Crippen MR) is 52.4 cm³/mol. The van der Waals surface area contributed by atoms with Crippen molar-refractivity contribution < 1.29 is 9.84 Å². The van der Waals surface area contributed by atoms with Crippen molar-refractivity contribution in [1.29, 1.82) is 0 Å². The van der Waals surface area contributed by atoms with Crippen molar-refractivity contribution >= 4 is 5.69 Å². The summed E-state index contributed by atoms with van der Waals surface area (Å²) in [4.78, 5) is 0. The number of phenols is 1. The molecule has 0 spiro atoms. The molecule has 0 saturated carbocycles. The number of benzene rings is 1. The van der Waals surface area contributed by atoms with Gasteiger partial charge in [-0.2, -0.15) is 0 Å². The van der Waals surface area contributed by atoms with E-state index in [1.54, 1.807) is 12.1 Å². The molecule has 1 aromatic rings. The molecule has 0 atom stereocenters. The van der Waals surface area contributed by atoms with E-state index in [1.165, 1.54) is 6.07 Å². The van der Waals surface area contributed by atoms with Crippen LogP contribution in [0.3, 0.4) is 0 Å². The zero-order valence-corrected chi connectivity index (χ0v) is 7.95. The van der Waals surface area contributed by atoms with Gasteiger partial charge in [0.2, 0.25) is 0 Å². The van der Waals surface area contributed by atoms with Crippen LogP contribution >= 0.6 is 0 Å². The van der Waals surface area contributed by atoms with Gasteiger partial charge in [-0.25, -0.2) is 0 Å². The molecule has 0 saturated heterocycles. The lowest BCUT2D eigenvalue weighted by Gasteiger charge is -2.09. The molecule has 0 amide bonds. The summed E-state index contributed by atoms with van der Waals surface area (Å²) in [6.07, 6.45) is 0.188. The minimum atomic E-state index is 0.186. The summed E-state index contributed by atoms with van der Waals surface area (Å²) in [7, 11) is 0. The van der Waals surface area contributed by atoms with Gasteiger partial charge in [-0.05, 0) is 19.9 Å². The monoisotopic (exact) mass is 181 g/mol. The molecule has 0 aliphatic rings. The second kappa shape index (κ2) is 4.14. The number of anilines is 1. The third kappa shape index (κ3) is 2.95. The molecule has 3 heteroatoms. The SMILES string of the molecule is CC(C)OCc1ccc(O)cc1N. The van der Waals surface area contributed by atoms with Gasteiger partial charge < -0.3 is 15.6 Å². The number of hydrogen-bond donors (Lipinski definition) is 2. The van der Waals surface area contributed by atoms with Gasteiger partial charge in [0.15, 0.2) is 0 Å². The number of rotatable bonds is 3. The van der Waals surface area contributed by atoms with Crippen LogP contribution in [0, 0.1) is 0 Å². The lowest BCUT2D eigenvalue weighted by molar-refractivity contribution is 0.0660. The Morgan fingerprint density at radius 1 is 1.46 bits per heavy atom. The fraction of sp³-hybridized carbons (Fsp3) is 0.400. The first-order chi connectivity index (χ1) is 6.09. The van der Waals surface area contributed by atoms with Gasteiger partial charge in [-0.1, -0.05) is 6.07 Å². The Kier molecular flexibility index (Phi) is 3.14. The van der Waals surface area contributed by atoms with Crippen LogP contribution in [0.1, 0.15) is 19.4 Å². The highest BCUT2D eigenvalue weighted by Gasteiger charge is 2.01. The van der Waals surface area contributed by atoms with Gasteiger partial charge in [0.05, 0.1) is 12.7 Å². The fourth-order valence-corrected chi connectivity index (χ4v) is 0.970. The van der Waals surface area contributed by atoms with Gasteiger partial charge in [0.1, 0.15) is 5.75 Å². The maximum atomic E-state index is 9.09. The zero-order chi connectivity index (χ0) is 9.84. The Morgan fingerprint density at radius 2 is 2.15 bits per heavy atom. The molecule has 0 bridgehead atoms. The molecule has 0 aliphatic heterocycles. The molecule has 1 aromatic carbocycles. The van der Waals surface area contributed by atoms with Gasteiger partial charge in [0, 0.05) is 17.3 Å². The normalized spacial score (nSPS) is 10.7. The first kappa shape index (κ1) is 9.86. The fourth-order valence-electron chi connectivity index (χ4n) is 0.970. The molecule has 0 unspecified atom stereocenters. The third-order valence-electron chi connectivity index (χ3n) is 1.70. The Labute approximate surface area is 78.1 Å². The quantitative estimate of drug-likeness (QED) is 0.700. The van der Waals surface area contributed by atoms with Crippen molar-refractivity contribution in [1.82, 2.24) is 0 Å². The van der Waals surface area contributed by atoms with Crippen LogP contribution in [0.15, 0.2) is 18.2 Å². The molecule has 1 rings (SSSR count). The molecule has 0 fully saturated rings. The van der Waals surface area contributed by atoms with Crippen molar-refractivity contribution in [2.24, 2.45) is 0 Å². The molecular formula is C10H15NO2. The minimum Gasteiger partial charge on any atom is -0.508 e. The number of phenolic OH excluding ortho intramolecular Hbond substituents is 1. The lowest BCUT2D eigenvalue weighted by atomic mass is 10.2. The van der Waals surface area contributed by atoms with Crippen molar-refractivity contribution in [3.05, 3.63) is 23.8 Å². The summed E-state index contributed by atoms with van der Waals surface area (Å²) in [6, 6.07) is 4.90. The highest BCUT2D eigenvalue weighted by atomic mass is 16.5. The Bertz CT molecular complexity index is 284. The van der Waals surface area contributed by atoms with E-state index in [4.69, 9.17) is 15.6 Å². The van der Waals surface area contributed by atoms with Gasteiger partial charge in [-0.3, -0.25) is 0 Å². The van der Waals surface area contributed by atoms with Crippen LogP contribution in [0.4, 0.5) is 5.69 Å². The Balaban J connectivity index is 2.67. The molecule has 72 valence electrons. The molecular weight excluding hydrogens is 166 g/mol. The average molecular weight is 181 g/mol. The Morgan fingerprint density at radius 3 is 2.69 bits per heavy atom. The molecule has 3 N–H and O–H groups in total. The third-order valence-corrected chi connectivity index (χ3v) is 1.70. The molecule has 0 radical (unpaired) electrons. The van der Waals surface area contributed by atoms with Crippen LogP contribution in [0.5, 0.6) is 5.75 Å².